The number of benzene rings is 1. The van der Waals surface area contributed by atoms with Gasteiger partial charge in [-0.05, 0) is 30.2 Å². The lowest BCUT2D eigenvalue weighted by molar-refractivity contribution is 1.04. The predicted molar refractivity (Wildman–Crippen MR) is 60.2 cm³/mol. The zero-order valence-corrected chi connectivity index (χ0v) is 8.54. The van der Waals surface area contributed by atoms with E-state index in [1.165, 1.54) is 5.56 Å². The molecule has 0 unspecified atom stereocenters. The van der Waals surface area contributed by atoms with Crippen LogP contribution in [0.1, 0.15) is 11.1 Å². The van der Waals surface area contributed by atoms with Gasteiger partial charge in [0.2, 0.25) is 0 Å². The third-order valence-electron chi connectivity index (χ3n) is 2.06. The average Bonchev–Trinajstić information content (AvgIpc) is 2.15. The van der Waals surface area contributed by atoms with Crippen molar-refractivity contribution < 1.29 is 0 Å². The molecular weight excluding hydrogens is 176 g/mol. The Bertz CT molecular complexity index is 340. The molecule has 5 N–H and O–H groups in total. The van der Waals surface area contributed by atoms with Gasteiger partial charge in [0.25, 0.3) is 0 Å². The van der Waals surface area contributed by atoms with Crippen molar-refractivity contribution in [2.45, 2.75) is 13.5 Å². The molecule has 0 aliphatic rings. The fourth-order valence-electron chi connectivity index (χ4n) is 1.21. The number of anilines is 1. The molecule has 0 saturated carbocycles. The monoisotopic (exact) mass is 192 g/mol. The van der Waals surface area contributed by atoms with Gasteiger partial charge in [-0.25, -0.2) is 4.99 Å². The molecule has 0 aromatic heterocycles. The van der Waals surface area contributed by atoms with Crippen LogP contribution in [0.2, 0.25) is 0 Å². The zero-order chi connectivity index (χ0) is 10.6. The summed E-state index contributed by atoms with van der Waals surface area (Å²) < 4.78 is 0. The highest BCUT2D eigenvalue weighted by Gasteiger charge is 1.98. The van der Waals surface area contributed by atoms with E-state index in [0.717, 1.165) is 11.3 Å². The molecule has 4 heteroatoms. The molecule has 1 rings (SSSR count). The van der Waals surface area contributed by atoms with Crippen molar-refractivity contribution in [2.24, 2.45) is 16.5 Å². The van der Waals surface area contributed by atoms with E-state index in [1.54, 1.807) is 0 Å². The average molecular weight is 192 g/mol. The summed E-state index contributed by atoms with van der Waals surface area (Å²) in [4.78, 5) is 3.96. The summed E-state index contributed by atoms with van der Waals surface area (Å²) in [7, 11) is 1.89. The lowest BCUT2D eigenvalue weighted by atomic mass is 10.1. The molecule has 0 aliphatic heterocycles. The second-order valence-electron chi connectivity index (χ2n) is 3.13. The van der Waals surface area contributed by atoms with Crippen molar-refractivity contribution in [3.05, 3.63) is 29.3 Å². The second kappa shape index (κ2) is 4.50. The van der Waals surface area contributed by atoms with Gasteiger partial charge in [0.15, 0.2) is 5.96 Å². The molecule has 1 aromatic carbocycles. The Morgan fingerprint density at radius 3 is 2.64 bits per heavy atom. The maximum atomic E-state index is 5.26. The van der Waals surface area contributed by atoms with E-state index in [0.29, 0.717) is 6.54 Å². The topological polar surface area (TPSA) is 76.4 Å². The van der Waals surface area contributed by atoms with Crippen molar-refractivity contribution in [3.63, 3.8) is 0 Å². The summed E-state index contributed by atoms with van der Waals surface area (Å²) in [5, 5.41) is 3.07. The number of hydrogen-bond acceptors (Lipinski definition) is 2. The van der Waals surface area contributed by atoms with Gasteiger partial charge in [-0.1, -0.05) is 6.07 Å². The van der Waals surface area contributed by atoms with Gasteiger partial charge in [-0.3, -0.25) is 0 Å². The first kappa shape index (κ1) is 10.4. The molecule has 0 spiro atoms. The number of aliphatic imine (C=N–C) groups is 1. The number of nitrogens with one attached hydrogen (secondary N) is 1. The first-order valence-corrected chi connectivity index (χ1v) is 4.46. The van der Waals surface area contributed by atoms with Crippen LogP contribution in [-0.4, -0.2) is 13.0 Å². The largest absolute Gasteiger partial charge is 0.388 e. The van der Waals surface area contributed by atoms with Crippen LogP contribution in [0.4, 0.5) is 5.69 Å². The number of hydrogen-bond donors (Lipinski definition) is 3. The summed E-state index contributed by atoms with van der Waals surface area (Å²) in [5.41, 5.74) is 13.9. The van der Waals surface area contributed by atoms with Crippen LogP contribution in [0.5, 0.6) is 0 Å². The first-order chi connectivity index (χ1) is 6.63. The standard InChI is InChI=1S/C10H16N4/c1-7-5-9(13-2)4-3-8(7)6-14-10(11)12/h3-5,13H,6H2,1-2H3,(H4,11,12,14). The normalized spacial score (nSPS) is 9.57. The molecule has 0 radical (unpaired) electrons. The third-order valence-corrected chi connectivity index (χ3v) is 2.06. The molecule has 0 atom stereocenters. The number of rotatable bonds is 3. The van der Waals surface area contributed by atoms with Crippen LogP contribution in [0.15, 0.2) is 23.2 Å². The van der Waals surface area contributed by atoms with Gasteiger partial charge in [0.05, 0.1) is 6.54 Å². The molecule has 1 aromatic rings. The molecule has 0 fully saturated rings. The van der Waals surface area contributed by atoms with E-state index >= 15 is 0 Å². The van der Waals surface area contributed by atoms with Crippen LogP contribution in [0.3, 0.4) is 0 Å². The molecule has 4 nitrogen and oxygen atoms in total. The van der Waals surface area contributed by atoms with Gasteiger partial charge in [-0.15, -0.1) is 0 Å². The number of guanidine groups is 1. The Kier molecular flexibility index (Phi) is 3.34. The Balaban J connectivity index is 2.84. The number of nitrogens with zero attached hydrogens (tertiary/aromatic N) is 1. The fourth-order valence-corrected chi connectivity index (χ4v) is 1.21. The van der Waals surface area contributed by atoms with Crippen molar-refractivity contribution in [2.75, 3.05) is 12.4 Å². The minimum atomic E-state index is 0.127. The number of aryl methyl sites for hydroxylation is 1. The molecule has 0 aliphatic carbocycles. The predicted octanol–water partition coefficient (Wildman–Crippen LogP) is 0.810. The quantitative estimate of drug-likeness (QED) is 0.490. The van der Waals surface area contributed by atoms with Gasteiger partial charge in [0, 0.05) is 12.7 Å². The highest BCUT2D eigenvalue weighted by atomic mass is 15.0. The maximum absolute atomic E-state index is 5.26. The molecule has 14 heavy (non-hydrogen) atoms. The fraction of sp³-hybridized carbons (Fsp3) is 0.300. The van der Waals surface area contributed by atoms with E-state index in [4.69, 9.17) is 11.5 Å². The highest BCUT2D eigenvalue weighted by molar-refractivity contribution is 5.75. The Hall–Kier alpha value is -1.71. The van der Waals surface area contributed by atoms with E-state index in [2.05, 4.69) is 16.4 Å². The summed E-state index contributed by atoms with van der Waals surface area (Å²) in [6, 6.07) is 6.09. The van der Waals surface area contributed by atoms with Crippen LogP contribution in [0, 0.1) is 6.92 Å². The minimum Gasteiger partial charge on any atom is -0.388 e. The molecule has 0 heterocycles. The van der Waals surface area contributed by atoms with Crippen LogP contribution in [-0.2, 0) is 6.54 Å². The second-order valence-corrected chi connectivity index (χ2v) is 3.13. The van der Waals surface area contributed by atoms with E-state index in [-0.39, 0.29) is 5.96 Å². The summed E-state index contributed by atoms with van der Waals surface area (Å²) >= 11 is 0. The Morgan fingerprint density at radius 2 is 2.14 bits per heavy atom. The summed E-state index contributed by atoms with van der Waals surface area (Å²) in [6.45, 7) is 2.58. The Labute approximate surface area is 84.0 Å². The molecule has 0 bridgehead atoms. The lowest BCUT2D eigenvalue weighted by Crippen LogP contribution is -2.22. The zero-order valence-electron chi connectivity index (χ0n) is 8.54. The van der Waals surface area contributed by atoms with Crippen molar-refractivity contribution >= 4 is 11.6 Å². The van der Waals surface area contributed by atoms with E-state index in [1.807, 2.05) is 26.1 Å². The number of nitrogens with two attached hydrogens (primary N) is 2. The lowest BCUT2D eigenvalue weighted by Gasteiger charge is -2.06. The van der Waals surface area contributed by atoms with Gasteiger partial charge in [-0.2, -0.15) is 0 Å². The van der Waals surface area contributed by atoms with Crippen molar-refractivity contribution in [1.29, 1.82) is 0 Å². The summed E-state index contributed by atoms with van der Waals surface area (Å²) in [5.74, 6) is 0.127. The van der Waals surface area contributed by atoms with E-state index < -0.39 is 0 Å². The van der Waals surface area contributed by atoms with E-state index in [9.17, 15) is 0 Å². The molecular formula is C10H16N4. The van der Waals surface area contributed by atoms with Crippen molar-refractivity contribution in [1.82, 2.24) is 0 Å². The first-order valence-electron chi connectivity index (χ1n) is 4.46. The summed E-state index contributed by atoms with van der Waals surface area (Å²) in [6.07, 6.45) is 0. The third kappa shape index (κ3) is 2.65. The smallest absolute Gasteiger partial charge is 0.186 e. The molecule has 0 saturated heterocycles. The molecule has 0 amide bonds. The van der Waals surface area contributed by atoms with Gasteiger partial charge >= 0.3 is 0 Å². The highest BCUT2D eigenvalue weighted by Crippen LogP contribution is 2.15. The van der Waals surface area contributed by atoms with Crippen LogP contribution < -0.4 is 16.8 Å². The minimum absolute atomic E-state index is 0.127. The van der Waals surface area contributed by atoms with Crippen LogP contribution >= 0.6 is 0 Å². The molecule has 76 valence electrons. The van der Waals surface area contributed by atoms with Gasteiger partial charge in [0.1, 0.15) is 0 Å². The van der Waals surface area contributed by atoms with Crippen LogP contribution in [0.25, 0.3) is 0 Å². The van der Waals surface area contributed by atoms with Gasteiger partial charge < -0.3 is 16.8 Å². The van der Waals surface area contributed by atoms with Crippen molar-refractivity contribution in [3.8, 4) is 0 Å². The SMILES string of the molecule is CNc1ccc(CN=C(N)N)c(C)c1. The Morgan fingerprint density at radius 1 is 1.43 bits per heavy atom. The maximum Gasteiger partial charge on any atom is 0.186 e.